The summed E-state index contributed by atoms with van der Waals surface area (Å²) in [5.41, 5.74) is 0.833. The van der Waals surface area contributed by atoms with Gasteiger partial charge in [0.15, 0.2) is 11.4 Å². The fraction of sp³-hybridized carbons (Fsp3) is 0.400. The van der Waals surface area contributed by atoms with E-state index < -0.39 is 35.0 Å². The Labute approximate surface area is 282 Å². The summed E-state index contributed by atoms with van der Waals surface area (Å²) >= 11 is 0. The maximum absolute atomic E-state index is 14.3. The van der Waals surface area contributed by atoms with E-state index in [4.69, 9.17) is 19.2 Å². The summed E-state index contributed by atoms with van der Waals surface area (Å²) in [4.78, 5) is 60.7. The van der Waals surface area contributed by atoms with Crippen LogP contribution in [0.2, 0.25) is 0 Å². The molecular formula is C35H38N8O6. The van der Waals surface area contributed by atoms with Crippen molar-refractivity contribution in [3.05, 3.63) is 66.5 Å². The van der Waals surface area contributed by atoms with E-state index in [1.165, 1.54) is 26.7 Å². The average molecular weight is 667 g/mol. The summed E-state index contributed by atoms with van der Waals surface area (Å²) in [7, 11) is 0. The molecule has 2 aliphatic heterocycles. The molecule has 2 aromatic carbocycles. The normalized spacial score (nSPS) is 16.0. The molecule has 1 spiro atoms. The van der Waals surface area contributed by atoms with Crippen molar-refractivity contribution in [1.82, 2.24) is 39.3 Å². The van der Waals surface area contributed by atoms with Crippen LogP contribution >= 0.6 is 0 Å². The Morgan fingerprint density at radius 3 is 2.27 bits per heavy atom. The number of piperidine rings is 1. The fourth-order valence-electron chi connectivity index (χ4n) is 6.40. The molecule has 5 heterocycles. The minimum atomic E-state index is -1.02. The van der Waals surface area contributed by atoms with Crippen LogP contribution in [0.5, 0.6) is 5.75 Å². The van der Waals surface area contributed by atoms with Crippen molar-refractivity contribution < 1.29 is 28.6 Å². The molecule has 1 N–H and O–H groups in total. The van der Waals surface area contributed by atoms with Crippen LogP contribution in [0.3, 0.4) is 0 Å². The van der Waals surface area contributed by atoms with Crippen molar-refractivity contribution in [2.24, 2.45) is 0 Å². The number of nitrogens with zero attached hydrogens (tertiary/aromatic N) is 7. The lowest BCUT2D eigenvalue weighted by molar-refractivity contribution is 0.00758. The van der Waals surface area contributed by atoms with Crippen LogP contribution in [0.1, 0.15) is 65.8 Å². The highest BCUT2D eigenvalue weighted by molar-refractivity contribution is 6.05. The first-order valence-corrected chi connectivity index (χ1v) is 16.2. The molecule has 7 rings (SSSR count). The first-order chi connectivity index (χ1) is 23.3. The second kappa shape index (κ2) is 11.7. The van der Waals surface area contributed by atoms with Gasteiger partial charge >= 0.3 is 18.2 Å². The number of amides is 2. The molecule has 3 aromatic heterocycles. The molecule has 0 saturated carbocycles. The lowest BCUT2D eigenvalue weighted by Gasteiger charge is -2.39. The molecule has 49 heavy (non-hydrogen) atoms. The third kappa shape index (κ3) is 5.65. The number of benzene rings is 2. The molecule has 254 valence electrons. The Balaban J connectivity index is 1.40. The van der Waals surface area contributed by atoms with Crippen LogP contribution in [-0.4, -0.2) is 76.5 Å². The molecule has 0 bridgehead atoms. The van der Waals surface area contributed by atoms with Crippen LogP contribution in [0.4, 0.5) is 14.4 Å². The van der Waals surface area contributed by atoms with E-state index in [0.717, 1.165) is 5.56 Å². The van der Waals surface area contributed by atoms with Gasteiger partial charge in [-0.2, -0.15) is 0 Å². The van der Waals surface area contributed by atoms with Gasteiger partial charge in [-0.05, 0) is 85.2 Å². The van der Waals surface area contributed by atoms with Gasteiger partial charge in [-0.1, -0.05) is 30.3 Å². The minimum Gasteiger partial charge on any atom is -0.486 e. The molecule has 2 amide bonds. The summed E-state index contributed by atoms with van der Waals surface area (Å²) < 4.78 is 20.6. The molecular weight excluding hydrogens is 628 g/mol. The molecule has 5 aromatic rings. The number of carbonyl (C=O) groups excluding carboxylic acids is 3. The molecule has 1 saturated heterocycles. The summed E-state index contributed by atoms with van der Waals surface area (Å²) in [6.07, 6.45) is 2.30. The van der Waals surface area contributed by atoms with E-state index in [9.17, 15) is 14.4 Å². The zero-order chi connectivity index (χ0) is 34.7. The molecule has 0 atom stereocenters. The lowest BCUT2D eigenvalue weighted by Crippen LogP contribution is -2.54. The van der Waals surface area contributed by atoms with Crippen molar-refractivity contribution in [3.8, 4) is 17.0 Å². The summed E-state index contributed by atoms with van der Waals surface area (Å²) in [6, 6.07) is 12.7. The number of imide groups is 1. The number of fused-ring (bicyclic) bond motifs is 5. The fourth-order valence-corrected chi connectivity index (χ4v) is 6.40. The number of nitrogens with one attached hydrogen (secondary N) is 1. The van der Waals surface area contributed by atoms with E-state index in [-0.39, 0.29) is 12.3 Å². The highest BCUT2D eigenvalue weighted by Gasteiger charge is 2.57. The Hall–Kier alpha value is -5.37. The van der Waals surface area contributed by atoms with E-state index in [1.54, 1.807) is 53.7 Å². The van der Waals surface area contributed by atoms with Crippen molar-refractivity contribution in [3.63, 3.8) is 0 Å². The molecule has 1 fully saturated rings. The maximum atomic E-state index is 14.3. The largest absolute Gasteiger partial charge is 0.486 e. The predicted octanol–water partition coefficient (Wildman–Crippen LogP) is 6.00. The topological polar surface area (TPSA) is 156 Å². The van der Waals surface area contributed by atoms with Gasteiger partial charge in [-0.15, -0.1) is 0 Å². The summed E-state index contributed by atoms with van der Waals surface area (Å²) in [5.74, 6) is 0.819. The molecule has 0 aliphatic carbocycles. The van der Waals surface area contributed by atoms with Crippen LogP contribution < -0.4 is 10.1 Å². The van der Waals surface area contributed by atoms with Crippen molar-refractivity contribution in [2.75, 3.05) is 13.1 Å². The van der Waals surface area contributed by atoms with Crippen LogP contribution in [0, 0.1) is 0 Å². The molecule has 0 unspecified atom stereocenters. The smallest absolute Gasteiger partial charge is 0.421 e. The predicted molar refractivity (Wildman–Crippen MR) is 179 cm³/mol. The Kier molecular flexibility index (Phi) is 7.65. The number of hydrogen-bond donors (Lipinski definition) is 1. The monoisotopic (exact) mass is 666 g/mol. The highest BCUT2D eigenvalue weighted by atomic mass is 16.6. The van der Waals surface area contributed by atoms with Crippen LogP contribution in [0.15, 0.2) is 55.1 Å². The SMILES string of the molecule is CC(C)(C)OC(=O)N1C(=O)n2c(nc3c(OCc4ccccc4)c(-c4ncnc5c4ncn5C(=O)OC(C)(C)C)ccc32)C12CCNCC2. The lowest BCUT2D eigenvalue weighted by atomic mass is 9.87. The Bertz CT molecular complexity index is 2100. The summed E-state index contributed by atoms with van der Waals surface area (Å²) in [6.45, 7) is 12.0. The number of rotatable bonds is 4. The minimum absolute atomic E-state index is 0.197. The quantitative estimate of drug-likeness (QED) is 0.240. The van der Waals surface area contributed by atoms with E-state index in [2.05, 4.69) is 20.3 Å². The van der Waals surface area contributed by atoms with Gasteiger partial charge in [-0.25, -0.2) is 48.4 Å². The maximum Gasteiger partial charge on any atom is 0.421 e. The zero-order valence-corrected chi connectivity index (χ0v) is 28.3. The van der Waals surface area contributed by atoms with Crippen molar-refractivity contribution >= 4 is 40.4 Å². The van der Waals surface area contributed by atoms with Gasteiger partial charge in [0.1, 0.15) is 58.6 Å². The van der Waals surface area contributed by atoms with Gasteiger partial charge in [0.2, 0.25) is 0 Å². The molecule has 0 radical (unpaired) electrons. The Morgan fingerprint density at radius 1 is 0.878 bits per heavy atom. The highest BCUT2D eigenvalue weighted by Crippen LogP contribution is 2.47. The number of hydrogen-bond acceptors (Lipinski definition) is 11. The van der Waals surface area contributed by atoms with Crippen molar-refractivity contribution in [2.45, 2.75) is 77.7 Å². The van der Waals surface area contributed by atoms with E-state index >= 15 is 0 Å². The van der Waals surface area contributed by atoms with Gasteiger partial charge < -0.3 is 19.5 Å². The number of imidazole rings is 2. The standard InChI is InChI=1S/C35H38N8O6/c1-33(2,3)48-31(45)41-20-39-26-24(37-19-38-28(26)41)22-12-13-23-25(27(22)47-18-21-10-8-7-9-11-21)40-29-35(14-16-36-17-15-35)43(30(44)42(23)29)32(46)49-34(4,5)6/h7-13,19-20,36H,14-18H2,1-6H3. The van der Waals surface area contributed by atoms with Crippen LogP contribution in [0.25, 0.3) is 33.5 Å². The van der Waals surface area contributed by atoms with Crippen molar-refractivity contribution in [1.29, 1.82) is 0 Å². The molecule has 14 nitrogen and oxygen atoms in total. The second-order valence-corrected chi connectivity index (χ2v) is 14.2. The average Bonchev–Trinajstić information content (AvgIpc) is 3.71. The third-order valence-corrected chi connectivity index (χ3v) is 8.42. The number of ether oxygens (including phenoxy) is 3. The van der Waals surface area contributed by atoms with Crippen LogP contribution in [-0.2, 0) is 21.6 Å². The second-order valence-electron chi connectivity index (χ2n) is 14.2. The number of carbonyl (C=O) groups is 3. The van der Waals surface area contributed by atoms with Gasteiger partial charge in [0.25, 0.3) is 0 Å². The first kappa shape index (κ1) is 32.2. The first-order valence-electron chi connectivity index (χ1n) is 16.2. The Morgan fingerprint density at radius 2 is 1.57 bits per heavy atom. The summed E-state index contributed by atoms with van der Waals surface area (Å²) in [5, 5.41) is 3.33. The zero-order valence-electron chi connectivity index (χ0n) is 28.3. The third-order valence-electron chi connectivity index (χ3n) is 8.42. The molecule has 14 heteroatoms. The number of aromatic nitrogens is 6. The van der Waals surface area contributed by atoms with Gasteiger partial charge in [-0.3, -0.25) is 0 Å². The van der Waals surface area contributed by atoms with E-state index in [1.807, 2.05) is 30.3 Å². The van der Waals surface area contributed by atoms with Gasteiger partial charge in [0, 0.05) is 5.56 Å². The van der Waals surface area contributed by atoms with E-state index in [0.29, 0.717) is 65.3 Å². The molecule has 2 aliphatic rings. The van der Waals surface area contributed by atoms with Gasteiger partial charge in [0.05, 0.1) is 5.52 Å².